The number of unbranched alkanes of at least 4 members (excludes halogenated alkanes) is 2. The number of nitriles is 1. The van der Waals surface area contributed by atoms with Crippen molar-refractivity contribution in [2.75, 3.05) is 0 Å². The van der Waals surface area contributed by atoms with Gasteiger partial charge in [-0.3, -0.25) is 9.78 Å². The first-order valence-electron chi connectivity index (χ1n) is 16.9. The zero-order valence-corrected chi connectivity index (χ0v) is 27.8. The summed E-state index contributed by atoms with van der Waals surface area (Å²) < 4.78 is 24.8. The first-order valence-corrected chi connectivity index (χ1v) is 16.9. The molecule has 48 heavy (non-hydrogen) atoms. The van der Waals surface area contributed by atoms with Gasteiger partial charge in [-0.1, -0.05) is 33.6 Å². The highest BCUT2D eigenvalue weighted by atomic mass is 16.6. The quantitative estimate of drug-likeness (QED) is 0.209. The Kier molecular flexibility index (Phi) is 9.18. The van der Waals surface area contributed by atoms with Crippen molar-refractivity contribution in [3.05, 3.63) is 82.0 Å². The highest BCUT2D eigenvalue weighted by molar-refractivity contribution is 5.89. The van der Waals surface area contributed by atoms with E-state index in [1.165, 1.54) is 0 Å². The lowest BCUT2D eigenvalue weighted by Crippen LogP contribution is -2.69. The molecule has 1 aromatic carbocycles. The number of carbonyl (C=O) groups is 2. The summed E-state index contributed by atoms with van der Waals surface area (Å²) in [5.74, 6) is -1.36. The van der Waals surface area contributed by atoms with Crippen LogP contribution in [0.4, 0.5) is 0 Å². The summed E-state index contributed by atoms with van der Waals surface area (Å²) in [6, 6.07) is 13.3. The van der Waals surface area contributed by atoms with Crippen molar-refractivity contribution in [3.8, 4) is 23.1 Å². The van der Waals surface area contributed by atoms with Crippen LogP contribution in [0.25, 0.3) is 11.3 Å². The standard InChI is InChI=1S/C38H42N2O8/c1-5-6-7-10-31(41)45-27-15-16-37(3)26(22(27)2)18-30(47-35(43)24-13-11-23(20-39)12-14-24)38(4)34(37)33(42)32-29(48-38)19-28(46-36(32)44)25-9-8-17-40-21-25/h8-9,11-14,17,19,21-22,26-27,30,33-34,42H,5-7,10,15-16,18H2,1-4H3. The van der Waals surface area contributed by atoms with Crippen molar-refractivity contribution in [2.24, 2.45) is 23.2 Å². The SMILES string of the molecule is CCCCCC(=O)OC1CCC2(C)C(CC(OC(=O)c3ccc(C#N)cc3)C3(C)Oc4cc(-c5cccnc5)oc(=O)c4C(O)C23)C1C. The minimum absolute atomic E-state index is 0.0290. The Hall–Kier alpha value is -4.49. The number of rotatable bonds is 8. The van der Waals surface area contributed by atoms with Crippen molar-refractivity contribution in [1.29, 1.82) is 5.26 Å². The maximum atomic E-state index is 13.6. The lowest BCUT2D eigenvalue weighted by Gasteiger charge is -2.64. The Morgan fingerprint density at radius 3 is 2.60 bits per heavy atom. The predicted octanol–water partition coefficient (Wildman–Crippen LogP) is 6.55. The lowest BCUT2D eigenvalue weighted by atomic mass is 9.46. The van der Waals surface area contributed by atoms with Crippen LogP contribution in [0.5, 0.6) is 5.75 Å². The van der Waals surface area contributed by atoms with Gasteiger partial charge < -0.3 is 23.7 Å². The Morgan fingerprint density at radius 1 is 1.15 bits per heavy atom. The molecule has 252 valence electrons. The molecule has 0 radical (unpaired) electrons. The molecule has 0 bridgehead atoms. The second-order valence-corrected chi connectivity index (χ2v) is 13.9. The third-order valence-corrected chi connectivity index (χ3v) is 11.1. The van der Waals surface area contributed by atoms with E-state index in [0.717, 1.165) is 19.3 Å². The molecule has 1 N–H and O–H groups in total. The Bertz CT molecular complexity index is 1770. The van der Waals surface area contributed by atoms with Crippen molar-refractivity contribution < 1.29 is 33.3 Å². The van der Waals surface area contributed by atoms with Gasteiger partial charge in [0.25, 0.3) is 0 Å². The van der Waals surface area contributed by atoms with Gasteiger partial charge in [0.2, 0.25) is 0 Å². The fourth-order valence-corrected chi connectivity index (χ4v) is 8.60. The molecule has 1 aliphatic heterocycles. The van der Waals surface area contributed by atoms with E-state index in [-0.39, 0.29) is 46.5 Å². The molecule has 8 atom stereocenters. The molecule has 8 unspecified atom stereocenters. The zero-order valence-electron chi connectivity index (χ0n) is 27.8. The molecular formula is C38H42N2O8. The van der Waals surface area contributed by atoms with Crippen LogP contribution in [0, 0.1) is 34.5 Å². The molecule has 3 aliphatic rings. The summed E-state index contributed by atoms with van der Waals surface area (Å²) in [5, 5.41) is 21.4. The average Bonchev–Trinajstić information content (AvgIpc) is 3.07. The largest absolute Gasteiger partial charge is 0.482 e. The fourth-order valence-electron chi connectivity index (χ4n) is 8.60. The van der Waals surface area contributed by atoms with Crippen molar-refractivity contribution in [2.45, 2.75) is 96.6 Å². The van der Waals surface area contributed by atoms with Crippen LogP contribution in [0.15, 0.2) is 64.1 Å². The first-order chi connectivity index (χ1) is 23.0. The Balaban J connectivity index is 1.39. The number of carbonyl (C=O) groups excluding carboxylic acids is 2. The van der Waals surface area contributed by atoms with E-state index in [9.17, 15) is 24.8 Å². The maximum absolute atomic E-state index is 13.6. The van der Waals surface area contributed by atoms with E-state index in [2.05, 4.69) is 24.9 Å². The second kappa shape index (κ2) is 13.2. The number of hydrogen-bond acceptors (Lipinski definition) is 10. The molecule has 0 saturated heterocycles. The second-order valence-electron chi connectivity index (χ2n) is 13.9. The van der Waals surface area contributed by atoms with Crippen LogP contribution in [0.1, 0.15) is 100 Å². The van der Waals surface area contributed by atoms with Crippen LogP contribution < -0.4 is 10.4 Å². The van der Waals surface area contributed by atoms with Crippen LogP contribution in [-0.4, -0.2) is 39.8 Å². The molecule has 10 nitrogen and oxygen atoms in total. The number of pyridine rings is 1. The average molecular weight is 655 g/mol. The predicted molar refractivity (Wildman–Crippen MR) is 175 cm³/mol. The summed E-state index contributed by atoms with van der Waals surface area (Å²) in [6.45, 7) is 8.07. The summed E-state index contributed by atoms with van der Waals surface area (Å²) in [4.78, 5) is 44.1. The minimum Gasteiger partial charge on any atom is -0.482 e. The molecule has 10 heteroatoms. The molecule has 0 amide bonds. The third-order valence-electron chi connectivity index (χ3n) is 11.1. The molecular weight excluding hydrogens is 612 g/mol. The van der Waals surface area contributed by atoms with Gasteiger partial charge in [-0.05, 0) is 86.3 Å². The number of benzene rings is 1. The molecule has 2 aromatic heterocycles. The van der Waals surface area contributed by atoms with Gasteiger partial charge in [-0.2, -0.15) is 5.26 Å². The van der Waals surface area contributed by atoms with Gasteiger partial charge in [0.15, 0.2) is 0 Å². The molecule has 2 fully saturated rings. The minimum atomic E-state index is -1.29. The lowest BCUT2D eigenvalue weighted by molar-refractivity contribution is -0.244. The number of aliphatic hydroxyl groups excluding tert-OH is 1. The van der Waals surface area contributed by atoms with Gasteiger partial charge in [0.1, 0.15) is 34.9 Å². The van der Waals surface area contributed by atoms with Gasteiger partial charge in [-0.25, -0.2) is 9.59 Å². The highest BCUT2D eigenvalue weighted by Crippen LogP contribution is 2.65. The summed E-state index contributed by atoms with van der Waals surface area (Å²) in [7, 11) is 0. The van der Waals surface area contributed by atoms with Crippen LogP contribution in [0.3, 0.4) is 0 Å². The van der Waals surface area contributed by atoms with Crippen molar-refractivity contribution >= 4 is 11.9 Å². The molecule has 3 aromatic rings. The highest BCUT2D eigenvalue weighted by Gasteiger charge is 2.68. The van der Waals surface area contributed by atoms with E-state index in [1.807, 2.05) is 13.8 Å². The molecule has 2 aliphatic carbocycles. The van der Waals surface area contributed by atoms with Gasteiger partial charge in [0.05, 0.1) is 23.3 Å². The summed E-state index contributed by atoms with van der Waals surface area (Å²) in [6.07, 6.45) is 5.39. The van der Waals surface area contributed by atoms with E-state index in [4.69, 9.17) is 18.6 Å². The number of ether oxygens (including phenoxy) is 3. The van der Waals surface area contributed by atoms with Crippen LogP contribution in [-0.2, 0) is 14.3 Å². The van der Waals surface area contributed by atoms with E-state index in [1.54, 1.807) is 54.9 Å². The first kappa shape index (κ1) is 33.4. The van der Waals surface area contributed by atoms with Crippen molar-refractivity contribution in [1.82, 2.24) is 4.98 Å². The maximum Gasteiger partial charge on any atom is 0.345 e. The normalized spacial score (nSPS) is 30.4. The number of esters is 2. The number of nitrogens with zero attached hydrogens (tertiary/aromatic N) is 2. The molecule has 6 rings (SSSR count). The number of aliphatic hydroxyl groups is 1. The zero-order chi connectivity index (χ0) is 34.2. The van der Waals surface area contributed by atoms with E-state index >= 15 is 0 Å². The topological polar surface area (TPSA) is 149 Å². The Labute approximate surface area is 280 Å². The van der Waals surface area contributed by atoms with E-state index in [0.29, 0.717) is 36.8 Å². The third kappa shape index (κ3) is 5.89. The number of fused-ring (bicyclic) bond motifs is 4. The van der Waals surface area contributed by atoms with Crippen LogP contribution >= 0.6 is 0 Å². The Morgan fingerprint density at radius 2 is 1.92 bits per heavy atom. The summed E-state index contributed by atoms with van der Waals surface area (Å²) >= 11 is 0. The molecule has 3 heterocycles. The number of hydrogen-bond donors (Lipinski definition) is 1. The molecule has 0 spiro atoms. The van der Waals surface area contributed by atoms with E-state index < -0.39 is 40.7 Å². The number of aromatic nitrogens is 1. The van der Waals surface area contributed by atoms with Gasteiger partial charge in [-0.15, -0.1) is 0 Å². The molecule has 2 saturated carbocycles. The van der Waals surface area contributed by atoms with Crippen LogP contribution in [0.2, 0.25) is 0 Å². The van der Waals surface area contributed by atoms with Crippen molar-refractivity contribution in [3.63, 3.8) is 0 Å². The monoisotopic (exact) mass is 654 g/mol. The smallest absolute Gasteiger partial charge is 0.345 e. The summed E-state index contributed by atoms with van der Waals surface area (Å²) in [5.41, 5.74) is -1.25. The fraction of sp³-hybridized carbons (Fsp3) is 0.500. The van der Waals surface area contributed by atoms with Gasteiger partial charge in [0, 0.05) is 36.4 Å². The van der Waals surface area contributed by atoms with Gasteiger partial charge >= 0.3 is 17.6 Å².